The average Bonchev–Trinajstić information content (AvgIpc) is 3.10. The minimum Gasteiger partial charge on any atom is -0.390 e. The van der Waals surface area contributed by atoms with Gasteiger partial charge in [-0.25, -0.2) is 0 Å². The van der Waals surface area contributed by atoms with Crippen molar-refractivity contribution in [2.24, 2.45) is 5.16 Å². The van der Waals surface area contributed by atoms with Crippen molar-refractivity contribution in [3.05, 3.63) is 35.0 Å². The van der Waals surface area contributed by atoms with Crippen molar-refractivity contribution >= 4 is 22.5 Å². The summed E-state index contributed by atoms with van der Waals surface area (Å²) >= 11 is 0. The number of nitrogens with zero attached hydrogens (tertiary/aromatic N) is 1. The summed E-state index contributed by atoms with van der Waals surface area (Å²) in [5.74, 6) is -0.0753. The van der Waals surface area contributed by atoms with Crippen molar-refractivity contribution in [1.29, 1.82) is 0 Å². The summed E-state index contributed by atoms with van der Waals surface area (Å²) in [6, 6.07) is 5.73. The monoisotopic (exact) mass is 299 g/mol. The Morgan fingerprint density at radius 3 is 3.00 bits per heavy atom. The number of aryl methyl sites for hydroxylation is 2. The van der Waals surface area contributed by atoms with Crippen LogP contribution in [0.5, 0.6) is 0 Å². The normalized spacial score (nSPS) is 17.4. The Bertz CT molecular complexity index is 746. The van der Waals surface area contributed by atoms with Gasteiger partial charge in [-0.05, 0) is 44.0 Å². The molecule has 0 saturated carbocycles. The van der Waals surface area contributed by atoms with Crippen LogP contribution in [0.25, 0.3) is 10.9 Å². The molecule has 1 aromatic heterocycles. The molecule has 1 aliphatic rings. The number of hydrogen-bond acceptors (Lipinski definition) is 3. The van der Waals surface area contributed by atoms with E-state index in [2.05, 4.69) is 29.3 Å². The van der Waals surface area contributed by atoms with Crippen molar-refractivity contribution in [1.82, 2.24) is 10.3 Å². The molecule has 0 unspecified atom stereocenters. The van der Waals surface area contributed by atoms with E-state index in [9.17, 15) is 4.79 Å². The standard InChI is InChI=1S/C17H21N3O2/c1-4-13-8-14(22-20-13)9-18-17(21)12-5-6-16-15(7-12)10(2)11(3)19-16/h5-7,14,19H,4,8-9H2,1-3H3,(H,18,21)/t14-/m1/s1. The van der Waals surface area contributed by atoms with E-state index in [1.165, 1.54) is 5.56 Å². The van der Waals surface area contributed by atoms with E-state index in [0.717, 1.165) is 35.2 Å². The van der Waals surface area contributed by atoms with Crippen LogP contribution in [0.1, 0.15) is 41.4 Å². The van der Waals surface area contributed by atoms with Crippen LogP contribution in [-0.2, 0) is 4.84 Å². The molecule has 0 fully saturated rings. The van der Waals surface area contributed by atoms with Crippen molar-refractivity contribution < 1.29 is 9.63 Å². The summed E-state index contributed by atoms with van der Waals surface area (Å²) in [6.45, 7) is 6.64. The quantitative estimate of drug-likeness (QED) is 0.911. The molecule has 2 aromatic rings. The number of carbonyl (C=O) groups excluding carboxylic acids is 1. The van der Waals surface area contributed by atoms with E-state index in [1.807, 2.05) is 25.1 Å². The third-order valence-electron chi connectivity index (χ3n) is 4.26. The highest BCUT2D eigenvalue weighted by Gasteiger charge is 2.20. The van der Waals surface area contributed by atoms with Gasteiger partial charge < -0.3 is 15.1 Å². The molecule has 2 heterocycles. The van der Waals surface area contributed by atoms with Crippen LogP contribution in [0.3, 0.4) is 0 Å². The molecule has 2 N–H and O–H groups in total. The van der Waals surface area contributed by atoms with Crippen LogP contribution in [0.4, 0.5) is 0 Å². The lowest BCUT2D eigenvalue weighted by Gasteiger charge is -2.10. The fraction of sp³-hybridized carbons (Fsp3) is 0.412. The minimum atomic E-state index is -0.0753. The first kappa shape index (κ1) is 14.6. The predicted octanol–water partition coefficient (Wildman–Crippen LogP) is 3.07. The molecule has 0 spiro atoms. The summed E-state index contributed by atoms with van der Waals surface area (Å²) in [4.78, 5) is 20.9. The van der Waals surface area contributed by atoms with E-state index >= 15 is 0 Å². The first-order valence-electron chi connectivity index (χ1n) is 7.67. The highest BCUT2D eigenvalue weighted by Crippen LogP contribution is 2.22. The Morgan fingerprint density at radius 2 is 2.27 bits per heavy atom. The van der Waals surface area contributed by atoms with Gasteiger partial charge in [0.2, 0.25) is 0 Å². The van der Waals surface area contributed by atoms with E-state index in [1.54, 1.807) is 0 Å². The number of fused-ring (bicyclic) bond motifs is 1. The maximum absolute atomic E-state index is 12.3. The average molecular weight is 299 g/mol. The zero-order valence-corrected chi connectivity index (χ0v) is 13.2. The summed E-state index contributed by atoms with van der Waals surface area (Å²) in [6.07, 6.45) is 1.65. The van der Waals surface area contributed by atoms with Gasteiger partial charge >= 0.3 is 0 Å². The largest absolute Gasteiger partial charge is 0.390 e. The molecule has 116 valence electrons. The molecule has 0 bridgehead atoms. The molecule has 1 atom stereocenters. The van der Waals surface area contributed by atoms with E-state index in [0.29, 0.717) is 12.1 Å². The maximum atomic E-state index is 12.3. The summed E-state index contributed by atoms with van der Waals surface area (Å²) in [5, 5.41) is 8.03. The number of carbonyl (C=O) groups is 1. The number of benzene rings is 1. The van der Waals surface area contributed by atoms with Crippen LogP contribution >= 0.6 is 0 Å². The molecule has 1 aromatic carbocycles. The number of amides is 1. The molecular formula is C17H21N3O2. The molecule has 0 saturated heterocycles. The Morgan fingerprint density at radius 1 is 1.45 bits per heavy atom. The van der Waals surface area contributed by atoms with Gasteiger partial charge in [0, 0.05) is 28.6 Å². The zero-order valence-electron chi connectivity index (χ0n) is 13.2. The number of nitrogens with one attached hydrogen (secondary N) is 2. The maximum Gasteiger partial charge on any atom is 0.251 e. The van der Waals surface area contributed by atoms with Gasteiger partial charge in [-0.15, -0.1) is 0 Å². The number of oxime groups is 1. The van der Waals surface area contributed by atoms with Crippen LogP contribution in [0, 0.1) is 13.8 Å². The first-order chi connectivity index (χ1) is 10.6. The van der Waals surface area contributed by atoms with Crippen LogP contribution < -0.4 is 5.32 Å². The van der Waals surface area contributed by atoms with Crippen molar-refractivity contribution in [2.45, 2.75) is 39.7 Å². The third-order valence-corrected chi connectivity index (χ3v) is 4.26. The molecule has 0 aliphatic carbocycles. The predicted molar refractivity (Wildman–Crippen MR) is 87.3 cm³/mol. The number of aromatic nitrogens is 1. The summed E-state index contributed by atoms with van der Waals surface area (Å²) < 4.78 is 0. The molecule has 5 nitrogen and oxygen atoms in total. The fourth-order valence-electron chi connectivity index (χ4n) is 2.72. The summed E-state index contributed by atoms with van der Waals surface area (Å²) in [7, 11) is 0. The Balaban J connectivity index is 1.66. The Hall–Kier alpha value is -2.30. The number of H-pyrrole nitrogens is 1. The molecule has 0 radical (unpaired) electrons. The topological polar surface area (TPSA) is 66.5 Å². The van der Waals surface area contributed by atoms with Crippen LogP contribution in [0.2, 0.25) is 0 Å². The molecule has 22 heavy (non-hydrogen) atoms. The molecule has 1 aliphatic heterocycles. The van der Waals surface area contributed by atoms with Gasteiger partial charge in [-0.2, -0.15) is 0 Å². The van der Waals surface area contributed by atoms with Gasteiger partial charge in [0.25, 0.3) is 5.91 Å². The SMILES string of the molecule is CCC1=NO[C@@H](CNC(=O)c2ccc3[nH]c(C)c(C)c3c2)C1. The van der Waals surface area contributed by atoms with Gasteiger partial charge in [0.05, 0.1) is 12.3 Å². The zero-order chi connectivity index (χ0) is 15.7. The van der Waals surface area contributed by atoms with Gasteiger partial charge in [-0.1, -0.05) is 12.1 Å². The van der Waals surface area contributed by atoms with E-state index in [4.69, 9.17) is 4.84 Å². The van der Waals surface area contributed by atoms with Crippen LogP contribution in [0.15, 0.2) is 23.4 Å². The Labute approximate surface area is 129 Å². The van der Waals surface area contributed by atoms with Gasteiger partial charge in [0.15, 0.2) is 0 Å². The number of aromatic amines is 1. The lowest BCUT2D eigenvalue weighted by Crippen LogP contribution is -2.32. The fourth-order valence-corrected chi connectivity index (χ4v) is 2.72. The van der Waals surface area contributed by atoms with Crippen molar-refractivity contribution in [3.8, 4) is 0 Å². The second-order valence-corrected chi connectivity index (χ2v) is 5.79. The second-order valence-electron chi connectivity index (χ2n) is 5.79. The molecule has 3 rings (SSSR count). The second kappa shape index (κ2) is 5.83. The molecular weight excluding hydrogens is 278 g/mol. The third kappa shape index (κ3) is 2.71. The van der Waals surface area contributed by atoms with Crippen molar-refractivity contribution in [2.75, 3.05) is 6.54 Å². The highest BCUT2D eigenvalue weighted by atomic mass is 16.6. The number of hydrogen-bond donors (Lipinski definition) is 2. The van der Waals surface area contributed by atoms with Gasteiger partial charge in [0.1, 0.15) is 6.10 Å². The highest BCUT2D eigenvalue weighted by molar-refractivity contribution is 5.99. The Kier molecular flexibility index (Phi) is 3.88. The van der Waals surface area contributed by atoms with Gasteiger partial charge in [-0.3, -0.25) is 4.79 Å². The molecule has 1 amide bonds. The van der Waals surface area contributed by atoms with Crippen LogP contribution in [-0.4, -0.2) is 29.3 Å². The lowest BCUT2D eigenvalue weighted by atomic mass is 10.1. The number of rotatable bonds is 4. The lowest BCUT2D eigenvalue weighted by molar-refractivity contribution is 0.0753. The summed E-state index contributed by atoms with van der Waals surface area (Å²) in [5.41, 5.74) is 5.11. The first-order valence-corrected chi connectivity index (χ1v) is 7.67. The smallest absolute Gasteiger partial charge is 0.251 e. The van der Waals surface area contributed by atoms with E-state index in [-0.39, 0.29) is 12.0 Å². The van der Waals surface area contributed by atoms with E-state index < -0.39 is 0 Å². The van der Waals surface area contributed by atoms with Crippen molar-refractivity contribution in [3.63, 3.8) is 0 Å². The molecule has 5 heteroatoms. The minimum absolute atomic E-state index is 0.0427.